The predicted octanol–water partition coefficient (Wildman–Crippen LogP) is 19.5. The second-order valence-corrected chi connectivity index (χ2v) is 18.4. The highest BCUT2D eigenvalue weighted by Crippen LogP contribution is 2.49. The molecule has 70 heavy (non-hydrogen) atoms. The van der Waals surface area contributed by atoms with Gasteiger partial charge in [-0.25, -0.2) is 0 Å². The van der Waals surface area contributed by atoms with E-state index in [1.54, 1.807) is 0 Å². The fourth-order valence-corrected chi connectivity index (χ4v) is 11.0. The summed E-state index contributed by atoms with van der Waals surface area (Å²) in [6, 6.07) is 95.0. The Bertz CT molecular complexity index is 4350. The molecule has 14 aromatic rings. The molecule has 1 heterocycles. The second kappa shape index (κ2) is 16.2. The van der Waals surface area contributed by atoms with Gasteiger partial charge in [-0.15, -0.1) is 0 Å². The highest BCUT2D eigenvalue weighted by molar-refractivity contribution is 6.25. The van der Waals surface area contributed by atoms with Crippen molar-refractivity contribution < 1.29 is 4.42 Å². The van der Waals surface area contributed by atoms with Gasteiger partial charge in [0.1, 0.15) is 5.58 Å². The lowest BCUT2D eigenvalue weighted by Gasteiger charge is -2.28. The molecule has 0 unspecified atom stereocenters. The van der Waals surface area contributed by atoms with Gasteiger partial charge in [0, 0.05) is 27.4 Å². The molecule has 13 aromatic carbocycles. The maximum Gasteiger partial charge on any atom is 0.160 e. The first-order chi connectivity index (χ1) is 34.7. The number of furan rings is 1. The summed E-state index contributed by atoms with van der Waals surface area (Å²) >= 11 is 0. The molecular formula is C68H43NO. The molecule has 0 N–H and O–H groups in total. The topological polar surface area (TPSA) is 16.4 Å². The molecule has 0 radical (unpaired) electrons. The van der Waals surface area contributed by atoms with E-state index >= 15 is 0 Å². The van der Waals surface area contributed by atoms with E-state index in [9.17, 15) is 0 Å². The minimum absolute atomic E-state index is 0.848. The van der Waals surface area contributed by atoms with Crippen LogP contribution in [0.4, 0.5) is 17.1 Å². The van der Waals surface area contributed by atoms with E-state index in [4.69, 9.17) is 4.42 Å². The van der Waals surface area contributed by atoms with Gasteiger partial charge in [0.2, 0.25) is 0 Å². The van der Waals surface area contributed by atoms with Gasteiger partial charge >= 0.3 is 0 Å². The van der Waals surface area contributed by atoms with Crippen molar-refractivity contribution in [2.45, 2.75) is 0 Å². The van der Waals surface area contributed by atoms with Crippen molar-refractivity contribution >= 4 is 92.9 Å². The Labute approximate surface area is 405 Å². The van der Waals surface area contributed by atoms with Gasteiger partial charge < -0.3 is 9.32 Å². The van der Waals surface area contributed by atoms with E-state index in [1.165, 1.54) is 65.5 Å². The molecule has 1 aromatic heterocycles. The smallest absolute Gasteiger partial charge is 0.160 e. The zero-order valence-electron chi connectivity index (χ0n) is 38.2. The minimum Gasteiger partial charge on any atom is -0.453 e. The number of anilines is 3. The van der Waals surface area contributed by atoms with Crippen LogP contribution >= 0.6 is 0 Å². The van der Waals surface area contributed by atoms with Crippen molar-refractivity contribution in [3.63, 3.8) is 0 Å². The first-order valence-corrected chi connectivity index (χ1v) is 24.1. The van der Waals surface area contributed by atoms with Crippen molar-refractivity contribution in [1.82, 2.24) is 0 Å². The summed E-state index contributed by atoms with van der Waals surface area (Å²) in [4.78, 5) is 2.42. The fourth-order valence-electron chi connectivity index (χ4n) is 11.0. The third-order valence-electron chi connectivity index (χ3n) is 14.4. The van der Waals surface area contributed by atoms with E-state index < -0.39 is 0 Å². The zero-order chi connectivity index (χ0) is 46.1. The summed E-state index contributed by atoms with van der Waals surface area (Å²) in [5.74, 6) is 0. The number of hydrogen-bond donors (Lipinski definition) is 0. The van der Waals surface area contributed by atoms with Gasteiger partial charge in [-0.1, -0.05) is 218 Å². The molecule has 2 heteroatoms. The van der Waals surface area contributed by atoms with Crippen LogP contribution in [-0.4, -0.2) is 0 Å². The third kappa shape index (κ3) is 6.57. The van der Waals surface area contributed by atoms with Crippen LogP contribution in [0.2, 0.25) is 0 Å². The molecule has 2 nitrogen and oxygen atoms in total. The van der Waals surface area contributed by atoms with E-state index in [-0.39, 0.29) is 0 Å². The van der Waals surface area contributed by atoms with Crippen LogP contribution in [0.3, 0.4) is 0 Å². The Morgan fingerprint density at radius 1 is 0.243 bits per heavy atom. The molecule has 14 rings (SSSR count). The van der Waals surface area contributed by atoms with Gasteiger partial charge in [-0.3, -0.25) is 0 Å². The molecule has 0 saturated carbocycles. The van der Waals surface area contributed by atoms with Gasteiger partial charge in [0.05, 0.1) is 11.4 Å². The Morgan fingerprint density at radius 2 is 0.743 bits per heavy atom. The molecular weight excluding hydrogens is 847 g/mol. The number of para-hydroxylation sites is 1. The van der Waals surface area contributed by atoms with Crippen LogP contribution in [0.1, 0.15) is 0 Å². The second-order valence-electron chi connectivity index (χ2n) is 18.4. The van der Waals surface area contributed by atoms with Crippen molar-refractivity contribution in [2.75, 3.05) is 4.90 Å². The molecule has 0 atom stereocenters. The van der Waals surface area contributed by atoms with Crippen molar-refractivity contribution in [3.05, 3.63) is 261 Å². The molecule has 0 spiro atoms. The highest BCUT2D eigenvalue weighted by Gasteiger charge is 2.25. The van der Waals surface area contributed by atoms with Crippen LogP contribution < -0.4 is 4.90 Å². The highest BCUT2D eigenvalue weighted by atomic mass is 16.3. The van der Waals surface area contributed by atoms with E-state index in [1.807, 2.05) is 0 Å². The van der Waals surface area contributed by atoms with Gasteiger partial charge in [0.15, 0.2) is 5.58 Å². The largest absolute Gasteiger partial charge is 0.453 e. The quantitative estimate of drug-likeness (QED) is 0.159. The van der Waals surface area contributed by atoms with Gasteiger partial charge in [-0.2, -0.15) is 0 Å². The molecule has 0 bridgehead atoms. The van der Waals surface area contributed by atoms with Gasteiger partial charge in [-0.05, 0) is 130 Å². The predicted molar refractivity (Wildman–Crippen MR) is 298 cm³/mol. The Morgan fingerprint density at radius 3 is 1.50 bits per heavy atom. The number of fused-ring (bicyclic) bond motifs is 9. The lowest BCUT2D eigenvalue weighted by Crippen LogP contribution is -2.11. The van der Waals surface area contributed by atoms with Crippen LogP contribution in [0, 0.1) is 0 Å². The number of nitrogens with zero attached hydrogens (tertiary/aromatic N) is 1. The average Bonchev–Trinajstić information content (AvgIpc) is 3.84. The maximum atomic E-state index is 7.30. The monoisotopic (exact) mass is 889 g/mol. The lowest BCUT2D eigenvalue weighted by molar-refractivity contribution is 0.670. The van der Waals surface area contributed by atoms with Crippen molar-refractivity contribution in [1.29, 1.82) is 0 Å². The Balaban J connectivity index is 0.953. The number of hydrogen-bond acceptors (Lipinski definition) is 2. The zero-order valence-corrected chi connectivity index (χ0v) is 38.2. The Hall–Kier alpha value is -9.24. The van der Waals surface area contributed by atoms with E-state index in [0.717, 1.165) is 71.8 Å². The SMILES string of the molecule is c1ccc(-c2cccc3c2oc2c(N(c4ccc(-c5ccc6cc(-c7ccc8ccccc8c7)ccc6c5)cc4)c4cccc5c(-c6cccc7ccccc67)cccc45)cc4ccccc4c23)cc1. The minimum atomic E-state index is 0.848. The molecule has 0 amide bonds. The fraction of sp³-hybridized carbons (Fsp3) is 0. The van der Waals surface area contributed by atoms with Crippen molar-refractivity contribution in [2.24, 2.45) is 0 Å². The molecule has 0 aliphatic heterocycles. The third-order valence-corrected chi connectivity index (χ3v) is 14.4. The maximum absolute atomic E-state index is 7.30. The molecule has 0 aliphatic rings. The average molecular weight is 890 g/mol. The van der Waals surface area contributed by atoms with Crippen LogP contribution in [0.25, 0.3) is 120 Å². The number of benzene rings is 13. The van der Waals surface area contributed by atoms with Crippen LogP contribution in [-0.2, 0) is 0 Å². The summed E-state index contributed by atoms with van der Waals surface area (Å²) in [7, 11) is 0. The lowest BCUT2D eigenvalue weighted by atomic mass is 9.93. The van der Waals surface area contributed by atoms with Crippen LogP contribution in [0.5, 0.6) is 0 Å². The molecule has 0 aliphatic carbocycles. The van der Waals surface area contributed by atoms with Crippen LogP contribution in [0.15, 0.2) is 265 Å². The summed E-state index contributed by atoms with van der Waals surface area (Å²) in [5, 5.41) is 14.3. The molecule has 0 fully saturated rings. The normalized spacial score (nSPS) is 11.7. The van der Waals surface area contributed by atoms with Gasteiger partial charge in [0.25, 0.3) is 0 Å². The first-order valence-electron chi connectivity index (χ1n) is 24.1. The molecule has 326 valence electrons. The van der Waals surface area contributed by atoms with E-state index in [2.05, 4.69) is 266 Å². The first kappa shape index (κ1) is 39.9. The summed E-state index contributed by atoms with van der Waals surface area (Å²) in [6.07, 6.45) is 0. The molecule has 0 saturated heterocycles. The number of rotatable bonds is 7. The Kier molecular flexibility index (Phi) is 9.25. The summed E-state index contributed by atoms with van der Waals surface area (Å²) < 4.78 is 7.30. The van der Waals surface area contributed by atoms with Crippen molar-refractivity contribution in [3.8, 4) is 44.5 Å². The standard InChI is InChI=1S/C68H43NO/c1-2-15-47(16-3-1)58-23-11-28-63-66-57-22-9-7-19-54(57)43-65(68(66)70-67(58)63)69(64-29-13-26-61-60(25-12-27-62(61)64)59-24-10-20-46-17-6-8-21-56(46)59)55-38-36-45(37-39-55)49-32-33-52-42-53(35-34-51(52)41-49)50-31-30-44-14-4-5-18-48(44)40-50/h1-43H. The summed E-state index contributed by atoms with van der Waals surface area (Å²) in [6.45, 7) is 0. The summed E-state index contributed by atoms with van der Waals surface area (Å²) in [5.41, 5.74) is 14.2. The van der Waals surface area contributed by atoms with E-state index in [0.29, 0.717) is 0 Å².